The van der Waals surface area contributed by atoms with Gasteiger partial charge in [0.1, 0.15) is 0 Å². The molecule has 2 aromatic heterocycles. The topological polar surface area (TPSA) is 84.6 Å². The van der Waals surface area contributed by atoms with Gasteiger partial charge in [0.05, 0.1) is 35.9 Å². The Bertz CT molecular complexity index is 958. The third-order valence-electron chi connectivity index (χ3n) is 4.80. The number of nitrogens with two attached hydrogens (primary N) is 1. The quantitative estimate of drug-likeness (QED) is 0.707. The Hall–Kier alpha value is -2.95. The minimum atomic E-state index is -0.466. The lowest BCUT2D eigenvalue weighted by Gasteiger charge is -2.35. The Morgan fingerprint density at radius 2 is 2.12 bits per heavy atom. The Kier molecular flexibility index (Phi) is 4.29. The summed E-state index contributed by atoms with van der Waals surface area (Å²) in [5.74, 6) is 0.838. The number of rotatable bonds is 3. The molecule has 4 rings (SSSR count). The first kappa shape index (κ1) is 16.5. The van der Waals surface area contributed by atoms with Gasteiger partial charge in [0.2, 0.25) is 11.6 Å². The maximum Gasteiger partial charge on any atom is 0.206 e. The summed E-state index contributed by atoms with van der Waals surface area (Å²) < 4.78 is 2.12. The van der Waals surface area contributed by atoms with Gasteiger partial charge < -0.3 is 20.3 Å². The Morgan fingerprint density at radius 1 is 1.27 bits per heavy atom. The molecule has 3 aromatic rings. The summed E-state index contributed by atoms with van der Waals surface area (Å²) in [5.41, 5.74) is 9.40. The van der Waals surface area contributed by atoms with Crippen molar-refractivity contribution in [3.05, 3.63) is 59.7 Å². The van der Waals surface area contributed by atoms with Gasteiger partial charge in [-0.15, -0.1) is 0 Å². The van der Waals surface area contributed by atoms with E-state index in [-0.39, 0.29) is 6.04 Å². The average Bonchev–Trinajstić information content (AvgIpc) is 3.03. The molecule has 0 aliphatic carbocycles. The first-order valence-corrected chi connectivity index (χ1v) is 8.62. The van der Waals surface area contributed by atoms with Crippen molar-refractivity contribution >= 4 is 22.7 Å². The number of aromatic nitrogens is 3. The van der Waals surface area contributed by atoms with Crippen LogP contribution in [0.2, 0.25) is 0 Å². The van der Waals surface area contributed by atoms with Gasteiger partial charge in [-0.3, -0.25) is 4.98 Å². The number of para-hydroxylation sites is 2. The van der Waals surface area contributed by atoms with E-state index in [4.69, 9.17) is 17.3 Å². The van der Waals surface area contributed by atoms with Crippen LogP contribution in [0.25, 0.3) is 15.9 Å². The number of fused-ring (bicyclic) bond motifs is 1. The number of aliphatic hydroxyl groups is 1. The predicted molar refractivity (Wildman–Crippen MR) is 100 cm³/mol. The van der Waals surface area contributed by atoms with Crippen LogP contribution < -0.4 is 10.6 Å². The molecule has 2 atom stereocenters. The van der Waals surface area contributed by atoms with E-state index in [9.17, 15) is 5.11 Å². The summed E-state index contributed by atoms with van der Waals surface area (Å²) in [4.78, 5) is 14.7. The zero-order valence-electron chi connectivity index (χ0n) is 14.3. The normalized spacial score (nSPS) is 20.3. The highest BCUT2D eigenvalue weighted by Gasteiger charge is 2.28. The second-order valence-corrected chi connectivity index (χ2v) is 6.57. The number of anilines is 1. The van der Waals surface area contributed by atoms with Crippen LogP contribution in [0.5, 0.6) is 0 Å². The summed E-state index contributed by atoms with van der Waals surface area (Å²) >= 11 is 0. The molecule has 0 saturated carbocycles. The lowest BCUT2D eigenvalue weighted by atomic mass is 10.0. The molecule has 1 aliphatic rings. The molecule has 0 radical (unpaired) electrons. The highest BCUT2D eigenvalue weighted by Crippen LogP contribution is 2.26. The molecule has 1 aromatic carbocycles. The number of imidazole rings is 1. The van der Waals surface area contributed by atoms with Crippen molar-refractivity contribution in [1.29, 1.82) is 0 Å². The maximum atomic E-state index is 9.92. The summed E-state index contributed by atoms with van der Waals surface area (Å²) in [5, 5.41) is 9.92. The molecule has 0 bridgehead atoms. The predicted octanol–water partition coefficient (Wildman–Crippen LogP) is 1.93. The monoisotopic (exact) mass is 348 g/mol. The molecule has 1 aliphatic heterocycles. The first-order chi connectivity index (χ1) is 12.7. The molecule has 7 nitrogen and oxygen atoms in total. The zero-order chi connectivity index (χ0) is 18.1. The van der Waals surface area contributed by atoms with E-state index >= 15 is 0 Å². The Balaban J connectivity index is 1.73. The standard InChI is InChI=1S/C19H20N6O/c1-21-13-6-7-14(22-10-13)11-25-17-5-3-2-4-16(17)23-19(25)24-9-8-18(26)15(20)12-24/h2-7,10,15,18,26H,8-9,11-12,20H2/t15-,18-/m1/s1. The van der Waals surface area contributed by atoms with Gasteiger partial charge in [-0.25, -0.2) is 9.83 Å². The van der Waals surface area contributed by atoms with Gasteiger partial charge in [-0.05, 0) is 24.6 Å². The van der Waals surface area contributed by atoms with Crippen LogP contribution in [-0.2, 0) is 6.54 Å². The Labute approximate surface area is 151 Å². The molecule has 3 N–H and O–H groups in total. The van der Waals surface area contributed by atoms with Gasteiger partial charge in [-0.1, -0.05) is 18.2 Å². The van der Waals surface area contributed by atoms with E-state index in [1.54, 1.807) is 12.3 Å². The average molecular weight is 348 g/mol. The molecule has 26 heavy (non-hydrogen) atoms. The summed E-state index contributed by atoms with van der Waals surface area (Å²) in [7, 11) is 0. The lowest BCUT2D eigenvalue weighted by molar-refractivity contribution is 0.124. The number of benzene rings is 1. The van der Waals surface area contributed by atoms with E-state index in [2.05, 4.69) is 19.3 Å². The van der Waals surface area contributed by atoms with E-state index in [0.717, 1.165) is 22.7 Å². The molecular formula is C19H20N6O. The maximum absolute atomic E-state index is 9.92. The molecule has 0 unspecified atom stereocenters. The van der Waals surface area contributed by atoms with Crippen molar-refractivity contribution in [2.45, 2.75) is 25.1 Å². The van der Waals surface area contributed by atoms with E-state index < -0.39 is 6.10 Å². The van der Waals surface area contributed by atoms with Crippen LogP contribution in [0.3, 0.4) is 0 Å². The van der Waals surface area contributed by atoms with Gasteiger partial charge in [0.15, 0.2) is 0 Å². The zero-order valence-corrected chi connectivity index (χ0v) is 14.3. The van der Waals surface area contributed by atoms with Gasteiger partial charge in [0.25, 0.3) is 0 Å². The molecule has 0 amide bonds. The number of aliphatic hydroxyl groups excluding tert-OH is 1. The van der Waals surface area contributed by atoms with Crippen LogP contribution in [-0.4, -0.2) is 44.9 Å². The van der Waals surface area contributed by atoms with Crippen LogP contribution in [0.4, 0.5) is 11.6 Å². The summed E-state index contributed by atoms with van der Waals surface area (Å²) in [6.45, 7) is 8.89. The molecule has 1 fully saturated rings. The number of piperidine rings is 1. The number of pyridine rings is 1. The van der Waals surface area contributed by atoms with E-state index in [0.29, 0.717) is 31.7 Å². The first-order valence-electron chi connectivity index (χ1n) is 8.62. The van der Waals surface area contributed by atoms with Crippen molar-refractivity contribution < 1.29 is 5.11 Å². The second kappa shape index (κ2) is 6.75. The van der Waals surface area contributed by atoms with Gasteiger partial charge >= 0.3 is 0 Å². The van der Waals surface area contributed by atoms with Crippen LogP contribution in [0.1, 0.15) is 12.1 Å². The number of nitrogens with zero attached hydrogens (tertiary/aromatic N) is 5. The SMILES string of the molecule is [C-]#[N+]c1ccc(Cn2c(N3CC[C@@H](O)[C@H](N)C3)nc3ccccc32)nc1. The largest absolute Gasteiger partial charge is 0.391 e. The van der Waals surface area contributed by atoms with Gasteiger partial charge in [0, 0.05) is 25.3 Å². The van der Waals surface area contributed by atoms with E-state index in [1.807, 2.05) is 30.3 Å². The lowest BCUT2D eigenvalue weighted by Crippen LogP contribution is -2.52. The fourth-order valence-electron chi connectivity index (χ4n) is 3.35. The van der Waals surface area contributed by atoms with Crippen molar-refractivity contribution in [3.8, 4) is 0 Å². The minimum absolute atomic E-state index is 0.284. The molecule has 0 spiro atoms. The van der Waals surface area contributed by atoms with Crippen molar-refractivity contribution in [2.75, 3.05) is 18.0 Å². The number of hydrogen-bond donors (Lipinski definition) is 2. The van der Waals surface area contributed by atoms with Crippen molar-refractivity contribution in [3.63, 3.8) is 0 Å². The Morgan fingerprint density at radius 3 is 2.85 bits per heavy atom. The highest BCUT2D eigenvalue weighted by atomic mass is 16.3. The fourth-order valence-corrected chi connectivity index (χ4v) is 3.35. The fraction of sp³-hybridized carbons (Fsp3) is 0.316. The minimum Gasteiger partial charge on any atom is -0.391 e. The molecule has 132 valence electrons. The molecular weight excluding hydrogens is 328 g/mol. The third kappa shape index (κ3) is 3.01. The molecule has 7 heteroatoms. The van der Waals surface area contributed by atoms with Crippen LogP contribution in [0.15, 0.2) is 42.6 Å². The summed E-state index contributed by atoms with van der Waals surface area (Å²) in [6, 6.07) is 11.4. The molecule has 3 heterocycles. The number of hydrogen-bond acceptors (Lipinski definition) is 5. The highest BCUT2D eigenvalue weighted by molar-refractivity contribution is 5.79. The van der Waals surface area contributed by atoms with E-state index in [1.165, 1.54) is 0 Å². The molecule has 1 saturated heterocycles. The second-order valence-electron chi connectivity index (χ2n) is 6.57. The van der Waals surface area contributed by atoms with Crippen LogP contribution >= 0.6 is 0 Å². The van der Waals surface area contributed by atoms with Crippen molar-refractivity contribution in [1.82, 2.24) is 14.5 Å². The van der Waals surface area contributed by atoms with Gasteiger partial charge in [-0.2, -0.15) is 0 Å². The summed E-state index contributed by atoms with van der Waals surface area (Å²) in [6.07, 6.45) is 1.75. The van der Waals surface area contributed by atoms with Crippen LogP contribution in [0, 0.1) is 6.57 Å². The smallest absolute Gasteiger partial charge is 0.206 e. The third-order valence-corrected chi connectivity index (χ3v) is 4.80. The van der Waals surface area contributed by atoms with Crippen molar-refractivity contribution in [2.24, 2.45) is 5.73 Å².